The Bertz CT molecular complexity index is 1590. The maximum Gasteiger partial charge on any atom is 0.235 e. The van der Waals surface area contributed by atoms with E-state index in [0.29, 0.717) is 34.8 Å². The van der Waals surface area contributed by atoms with Crippen molar-refractivity contribution in [2.45, 2.75) is 24.7 Å². The fourth-order valence-corrected chi connectivity index (χ4v) is 5.16. The van der Waals surface area contributed by atoms with Gasteiger partial charge in [-0.25, -0.2) is 14.5 Å². The molecule has 176 valence electrons. The average molecular weight is 493 g/mol. The predicted molar refractivity (Wildman–Crippen MR) is 123 cm³/mol. The molecule has 0 saturated heterocycles. The van der Waals surface area contributed by atoms with Gasteiger partial charge in [0.15, 0.2) is 11.5 Å². The summed E-state index contributed by atoms with van der Waals surface area (Å²) in [6.45, 7) is 2.00. The second kappa shape index (κ2) is 7.67. The second-order valence-corrected chi connectivity index (χ2v) is 8.97. The lowest BCUT2D eigenvalue weighted by Gasteiger charge is -2.26. The molecule has 0 aliphatic heterocycles. The normalized spacial score (nSPS) is 19.3. The van der Waals surface area contributed by atoms with E-state index >= 15 is 0 Å². The number of fused-ring (bicyclic) bond motifs is 3. The van der Waals surface area contributed by atoms with Crippen LogP contribution in [0.25, 0.3) is 11.5 Å². The number of aryl methyl sites for hydroxylation is 1. The Morgan fingerprint density at radius 3 is 2.69 bits per heavy atom. The molecule has 0 saturated carbocycles. The number of anilines is 1. The number of halogens is 2. The number of carbonyl (C=O) groups excluding carboxylic acids is 1. The molecule has 13 heteroatoms. The number of hydrogen-bond donors (Lipinski definition) is 1. The number of amides is 1. The van der Waals surface area contributed by atoms with Gasteiger partial charge in [0, 0.05) is 36.8 Å². The molecule has 35 heavy (non-hydrogen) atoms. The number of nitrogens with zero attached hydrogens (tertiary/aromatic N) is 9. The monoisotopic (exact) mass is 492 g/mol. The van der Waals surface area contributed by atoms with Crippen LogP contribution in [0.1, 0.15) is 36.2 Å². The molecule has 1 aliphatic rings. The first-order chi connectivity index (χ1) is 16.8. The summed E-state index contributed by atoms with van der Waals surface area (Å²) in [5.74, 6) is -1.15. The van der Waals surface area contributed by atoms with Gasteiger partial charge in [-0.15, -0.1) is 9.90 Å². The summed E-state index contributed by atoms with van der Waals surface area (Å²) >= 11 is 6.36. The van der Waals surface area contributed by atoms with Gasteiger partial charge in [0.2, 0.25) is 11.9 Å². The predicted octanol–water partition coefficient (Wildman–Crippen LogP) is 2.66. The van der Waals surface area contributed by atoms with Gasteiger partial charge in [-0.3, -0.25) is 9.48 Å². The molecule has 6 rings (SSSR count). The number of nitrogens with one attached hydrogen (secondary N) is 1. The van der Waals surface area contributed by atoms with Crippen molar-refractivity contribution in [3.05, 3.63) is 77.1 Å². The maximum absolute atomic E-state index is 14.1. The fourth-order valence-electron chi connectivity index (χ4n) is 4.92. The van der Waals surface area contributed by atoms with Crippen LogP contribution >= 0.6 is 11.6 Å². The van der Waals surface area contributed by atoms with E-state index in [1.54, 1.807) is 23.1 Å². The first-order valence-electron chi connectivity index (χ1n) is 10.7. The average Bonchev–Trinajstić information content (AvgIpc) is 3.60. The minimum Gasteiger partial charge on any atom is -0.324 e. The van der Waals surface area contributed by atoms with E-state index in [0.717, 1.165) is 5.69 Å². The Morgan fingerprint density at radius 1 is 1.17 bits per heavy atom. The standard InChI is InChI=1S/C22H18ClFN10O/c1-22(16-3-4-27-32(16)2)9-13(14-11-25-18-8-17(24)31-33(18)19(14)22)21(35)30-12-7-15(23)20(26-10-12)34-28-5-6-29-34/h3-8,10-11,13H,9H2,1-2H3,(H,30,35)/t13-,22-/m0/s1. The van der Waals surface area contributed by atoms with Gasteiger partial charge in [0.1, 0.15) is 0 Å². The summed E-state index contributed by atoms with van der Waals surface area (Å²) < 4.78 is 17.3. The van der Waals surface area contributed by atoms with Crippen molar-refractivity contribution in [3.63, 3.8) is 0 Å². The van der Waals surface area contributed by atoms with E-state index < -0.39 is 17.3 Å². The molecule has 0 unspecified atom stereocenters. The molecule has 0 bridgehead atoms. The molecule has 2 atom stereocenters. The molecule has 5 heterocycles. The summed E-state index contributed by atoms with van der Waals surface area (Å²) in [7, 11) is 1.83. The lowest BCUT2D eigenvalue weighted by molar-refractivity contribution is -0.117. The molecule has 11 nitrogen and oxygen atoms in total. The van der Waals surface area contributed by atoms with Crippen molar-refractivity contribution in [3.8, 4) is 5.82 Å². The summed E-state index contributed by atoms with van der Waals surface area (Å²) in [6, 6.07) is 4.74. The van der Waals surface area contributed by atoms with Crippen molar-refractivity contribution in [1.29, 1.82) is 0 Å². The second-order valence-electron chi connectivity index (χ2n) is 8.57. The largest absolute Gasteiger partial charge is 0.324 e. The van der Waals surface area contributed by atoms with Gasteiger partial charge in [-0.2, -0.15) is 19.7 Å². The van der Waals surface area contributed by atoms with E-state index in [1.165, 1.54) is 34.0 Å². The van der Waals surface area contributed by atoms with Crippen molar-refractivity contribution in [2.75, 3.05) is 5.32 Å². The van der Waals surface area contributed by atoms with Gasteiger partial charge in [-0.1, -0.05) is 11.6 Å². The minimum atomic E-state index is -0.673. The van der Waals surface area contributed by atoms with Crippen LogP contribution in [0.2, 0.25) is 5.02 Å². The quantitative estimate of drug-likeness (QED) is 0.409. The molecule has 0 fully saturated rings. The number of carbonyl (C=O) groups is 1. The minimum absolute atomic E-state index is 0.270. The summed E-state index contributed by atoms with van der Waals surface area (Å²) in [5.41, 5.74) is 2.36. The zero-order valence-corrected chi connectivity index (χ0v) is 19.3. The molecule has 0 aromatic carbocycles. The maximum atomic E-state index is 14.1. The van der Waals surface area contributed by atoms with Crippen molar-refractivity contribution in [2.24, 2.45) is 7.05 Å². The van der Waals surface area contributed by atoms with Gasteiger partial charge in [-0.05, 0) is 25.5 Å². The molecule has 0 radical (unpaired) electrons. The molecular weight excluding hydrogens is 475 g/mol. The van der Waals surface area contributed by atoms with Gasteiger partial charge in [0.05, 0.1) is 46.3 Å². The van der Waals surface area contributed by atoms with Crippen LogP contribution < -0.4 is 5.32 Å². The summed E-state index contributed by atoms with van der Waals surface area (Å²) in [4.78, 5) is 23.4. The zero-order valence-electron chi connectivity index (χ0n) is 18.6. The van der Waals surface area contributed by atoms with Gasteiger partial charge < -0.3 is 5.32 Å². The number of rotatable bonds is 4. The van der Waals surface area contributed by atoms with E-state index in [1.807, 2.05) is 20.0 Å². The number of aromatic nitrogens is 9. The van der Waals surface area contributed by atoms with E-state index in [-0.39, 0.29) is 10.9 Å². The summed E-state index contributed by atoms with van der Waals surface area (Å²) in [5, 5.41) is 19.6. The van der Waals surface area contributed by atoms with Gasteiger partial charge >= 0.3 is 0 Å². The Balaban J connectivity index is 1.39. The van der Waals surface area contributed by atoms with Gasteiger partial charge in [0.25, 0.3) is 0 Å². The third kappa shape index (κ3) is 3.28. The molecule has 5 aromatic heterocycles. The van der Waals surface area contributed by atoms with Crippen molar-refractivity contribution < 1.29 is 9.18 Å². The van der Waals surface area contributed by atoms with Crippen LogP contribution in [0.15, 0.2) is 49.2 Å². The van der Waals surface area contributed by atoms with E-state index in [2.05, 4.69) is 35.7 Å². The zero-order chi connectivity index (χ0) is 24.3. The van der Waals surface area contributed by atoms with Crippen molar-refractivity contribution in [1.82, 2.24) is 44.4 Å². The highest BCUT2D eigenvalue weighted by Crippen LogP contribution is 2.49. The Labute approximate surface area is 202 Å². The molecule has 1 amide bonds. The lowest BCUT2D eigenvalue weighted by Crippen LogP contribution is -2.28. The first-order valence-corrected chi connectivity index (χ1v) is 11.1. The van der Waals surface area contributed by atoms with Crippen LogP contribution in [0, 0.1) is 5.95 Å². The first kappa shape index (κ1) is 21.4. The molecular formula is C22H18ClFN10O. The smallest absolute Gasteiger partial charge is 0.235 e. The highest BCUT2D eigenvalue weighted by atomic mass is 35.5. The van der Waals surface area contributed by atoms with Crippen LogP contribution in [0.5, 0.6) is 0 Å². The summed E-state index contributed by atoms with van der Waals surface area (Å²) in [6.07, 6.45) is 8.24. The Hall–Kier alpha value is -4.19. The van der Waals surface area contributed by atoms with E-state index in [9.17, 15) is 9.18 Å². The van der Waals surface area contributed by atoms with E-state index in [4.69, 9.17) is 11.6 Å². The van der Waals surface area contributed by atoms with Crippen LogP contribution in [0.3, 0.4) is 0 Å². The Morgan fingerprint density at radius 2 is 1.97 bits per heavy atom. The number of hydrogen-bond acceptors (Lipinski definition) is 7. The lowest BCUT2D eigenvalue weighted by atomic mass is 9.82. The molecule has 1 N–H and O–H groups in total. The van der Waals surface area contributed by atoms with Crippen LogP contribution in [-0.4, -0.2) is 50.3 Å². The third-order valence-electron chi connectivity index (χ3n) is 6.39. The van der Waals surface area contributed by atoms with Crippen molar-refractivity contribution >= 4 is 28.8 Å². The highest BCUT2D eigenvalue weighted by Gasteiger charge is 2.48. The molecule has 5 aromatic rings. The van der Waals surface area contributed by atoms with Crippen LogP contribution in [-0.2, 0) is 17.3 Å². The highest BCUT2D eigenvalue weighted by molar-refractivity contribution is 6.32. The fraction of sp³-hybridized carbons (Fsp3) is 0.227. The van der Waals surface area contributed by atoms with Crippen LogP contribution in [0.4, 0.5) is 10.1 Å². The topological polar surface area (TPSA) is 121 Å². The molecule has 1 aliphatic carbocycles. The Kier molecular flexibility index (Phi) is 4.68. The third-order valence-corrected chi connectivity index (χ3v) is 6.67. The number of pyridine rings is 1. The molecule has 0 spiro atoms. The SMILES string of the molecule is Cn1nccc1[C@]1(C)C[C@H](C(=O)Nc2cnc(-n3nccn3)c(Cl)c2)c2cnc3cc(F)nn3c21.